The fraction of sp³-hybridized carbons (Fsp3) is 0.627. The van der Waals surface area contributed by atoms with Crippen molar-refractivity contribution >= 4 is 27.6 Å². The summed E-state index contributed by atoms with van der Waals surface area (Å²) >= 11 is 0. The van der Waals surface area contributed by atoms with E-state index in [0.29, 0.717) is 39.5 Å². The molecule has 2 heterocycles. The number of hydrogen-bond acceptors (Lipinski definition) is 11. The first kappa shape index (κ1) is 50.5. The number of esters is 1. The van der Waals surface area contributed by atoms with Crippen LogP contribution in [-0.2, 0) is 57.8 Å². The zero-order chi connectivity index (χ0) is 43.1. The van der Waals surface area contributed by atoms with Gasteiger partial charge in [-0.25, -0.2) is 0 Å². The number of aliphatic hydroxyl groups excluding tert-OH is 1. The van der Waals surface area contributed by atoms with Gasteiger partial charge in [0.1, 0.15) is 24.4 Å². The number of carbonyl (C=O) groups is 1. The van der Waals surface area contributed by atoms with E-state index in [-0.39, 0.29) is 12.6 Å². The molecule has 3 aromatic carbocycles. The zero-order valence-corrected chi connectivity index (χ0v) is 38.7. The Balaban J connectivity index is 0.924. The number of unbranched alkanes of at least 4 members (excludes halogenated alkanes) is 11. The predicted molar refractivity (Wildman–Crippen MR) is 251 cm³/mol. The lowest BCUT2D eigenvalue weighted by atomic mass is 9.98. The molecule has 0 aliphatic carbocycles. The maximum atomic E-state index is 12.0. The molecule has 2 fully saturated rings. The van der Waals surface area contributed by atoms with Crippen molar-refractivity contribution in [2.75, 3.05) is 38.8 Å². The lowest BCUT2D eigenvalue weighted by molar-refractivity contribution is -0.326. The fourth-order valence-electron chi connectivity index (χ4n) is 7.82. The highest BCUT2D eigenvalue weighted by atomic mass is 33.1. The van der Waals surface area contributed by atoms with Crippen LogP contribution in [0.15, 0.2) is 91.0 Å². The van der Waals surface area contributed by atoms with E-state index in [1.165, 1.54) is 44.3 Å². The van der Waals surface area contributed by atoms with Crippen LogP contribution in [0.4, 0.5) is 0 Å². The van der Waals surface area contributed by atoms with Crippen LogP contribution in [0.25, 0.3) is 0 Å². The van der Waals surface area contributed by atoms with Gasteiger partial charge in [-0.3, -0.25) is 4.79 Å². The maximum Gasteiger partial charge on any atom is 0.305 e. The van der Waals surface area contributed by atoms with Crippen LogP contribution in [0, 0.1) is 0 Å². The van der Waals surface area contributed by atoms with Gasteiger partial charge in [-0.15, -0.1) is 0 Å². The largest absolute Gasteiger partial charge is 0.466 e. The first-order valence-corrected chi connectivity index (χ1v) is 25.9. The second-order valence-corrected chi connectivity index (χ2v) is 19.3. The summed E-state index contributed by atoms with van der Waals surface area (Å²) in [5.41, 5.74) is 3.10. The molecule has 3 aromatic rings. The minimum Gasteiger partial charge on any atom is -0.466 e. The predicted octanol–water partition coefficient (Wildman–Crippen LogP) is 11.4. The van der Waals surface area contributed by atoms with E-state index < -0.39 is 30.7 Å². The Morgan fingerprint density at radius 3 is 1.60 bits per heavy atom. The number of carbonyl (C=O) groups excluding carboxylic acids is 1. The summed E-state index contributed by atoms with van der Waals surface area (Å²) in [7, 11) is 4.00. The van der Waals surface area contributed by atoms with Crippen LogP contribution in [0.2, 0.25) is 0 Å². The Kier molecular flexibility index (Phi) is 26.3. The SMILES string of the molecule is O=C(CCCCC1CCSS1)OCCCCCCCCOCCCCCCCCO[C@@H]1O[C@H](CO)[C@@H](OCc2ccccc2)[C@H](OCc2ccccc2)[C@H]1OCc1ccccc1. The summed E-state index contributed by atoms with van der Waals surface area (Å²) in [6, 6.07) is 30.1. The Labute approximate surface area is 380 Å². The normalized spacial score (nSPS) is 21.3. The van der Waals surface area contributed by atoms with E-state index >= 15 is 0 Å². The van der Waals surface area contributed by atoms with Crippen LogP contribution >= 0.6 is 21.6 Å². The van der Waals surface area contributed by atoms with Gasteiger partial charge in [0.15, 0.2) is 6.29 Å². The molecule has 0 saturated carbocycles. The molecule has 0 bridgehead atoms. The third-order valence-electron chi connectivity index (χ3n) is 11.4. The highest BCUT2D eigenvalue weighted by Crippen LogP contribution is 2.40. The van der Waals surface area contributed by atoms with Gasteiger partial charge in [0, 0.05) is 37.2 Å². The number of rotatable bonds is 34. The Morgan fingerprint density at radius 2 is 1.06 bits per heavy atom. The standard InChI is InChI=1S/C51H74O9S2/c52-38-46-48(57-39-42-24-12-9-13-25-42)49(58-40-43-26-14-10-15-27-43)50(59-41-44-28-16-11-17-29-44)51(60-46)56-36-23-8-4-2-6-21-34-54-33-20-5-1-3-7-22-35-55-47(53)31-19-18-30-45-32-37-61-62-45/h9-17,24-29,45-46,48-52H,1-8,18-23,30-41H2/t45?,46-,48-,49+,50-,51-/m1/s1. The topological polar surface area (TPSA) is 102 Å². The van der Waals surface area contributed by atoms with Crippen molar-refractivity contribution in [3.63, 3.8) is 0 Å². The summed E-state index contributed by atoms with van der Waals surface area (Å²) in [6.07, 6.45) is 15.4. The third-order valence-corrected chi connectivity index (χ3v) is 14.4. The van der Waals surface area contributed by atoms with Crippen molar-refractivity contribution < 1.29 is 43.1 Å². The molecule has 62 heavy (non-hydrogen) atoms. The fourth-order valence-corrected chi connectivity index (χ4v) is 10.8. The number of benzene rings is 3. The molecule has 2 saturated heterocycles. The van der Waals surface area contributed by atoms with Crippen molar-refractivity contribution in [2.45, 2.75) is 165 Å². The average molecular weight is 895 g/mol. The first-order valence-electron chi connectivity index (χ1n) is 23.6. The van der Waals surface area contributed by atoms with E-state index in [4.69, 9.17) is 33.2 Å². The van der Waals surface area contributed by atoms with E-state index in [2.05, 4.69) is 0 Å². The molecule has 9 nitrogen and oxygen atoms in total. The number of ether oxygens (including phenoxy) is 7. The van der Waals surface area contributed by atoms with Crippen molar-refractivity contribution in [3.05, 3.63) is 108 Å². The molecule has 2 aliphatic rings. The average Bonchev–Trinajstić information content (AvgIpc) is 3.84. The molecule has 5 rings (SSSR count). The molecule has 344 valence electrons. The minimum atomic E-state index is -0.731. The van der Waals surface area contributed by atoms with Gasteiger partial charge in [0.2, 0.25) is 0 Å². The first-order chi connectivity index (χ1) is 30.7. The van der Waals surface area contributed by atoms with E-state index in [1.54, 1.807) is 0 Å². The highest BCUT2D eigenvalue weighted by Gasteiger charge is 2.48. The van der Waals surface area contributed by atoms with Crippen LogP contribution in [0.3, 0.4) is 0 Å². The summed E-state index contributed by atoms with van der Waals surface area (Å²) in [6.45, 7) is 3.58. The summed E-state index contributed by atoms with van der Waals surface area (Å²) < 4.78 is 44.0. The minimum absolute atomic E-state index is 0.0247. The third kappa shape index (κ3) is 20.6. The van der Waals surface area contributed by atoms with Crippen LogP contribution in [0.5, 0.6) is 0 Å². The molecule has 2 aliphatic heterocycles. The molecule has 6 atom stereocenters. The monoisotopic (exact) mass is 894 g/mol. The smallest absolute Gasteiger partial charge is 0.305 e. The van der Waals surface area contributed by atoms with E-state index in [0.717, 1.165) is 99.4 Å². The van der Waals surface area contributed by atoms with Gasteiger partial charge in [0.25, 0.3) is 0 Å². The summed E-state index contributed by atoms with van der Waals surface area (Å²) in [5, 5.41) is 11.4. The molecule has 0 spiro atoms. The van der Waals surface area contributed by atoms with Crippen LogP contribution < -0.4 is 0 Å². The summed E-state index contributed by atoms with van der Waals surface area (Å²) in [4.78, 5) is 12.0. The van der Waals surface area contributed by atoms with Gasteiger partial charge in [0.05, 0.1) is 33.0 Å². The highest BCUT2D eigenvalue weighted by molar-refractivity contribution is 8.77. The lowest BCUT2D eigenvalue weighted by Crippen LogP contribution is -2.61. The molecule has 0 amide bonds. The summed E-state index contributed by atoms with van der Waals surface area (Å²) in [5.74, 6) is 1.25. The van der Waals surface area contributed by atoms with Crippen molar-refractivity contribution in [1.82, 2.24) is 0 Å². The van der Waals surface area contributed by atoms with Crippen molar-refractivity contribution in [2.24, 2.45) is 0 Å². The van der Waals surface area contributed by atoms with Crippen LogP contribution in [0.1, 0.15) is 126 Å². The van der Waals surface area contributed by atoms with E-state index in [1.807, 2.05) is 113 Å². The van der Waals surface area contributed by atoms with Gasteiger partial charge >= 0.3 is 5.97 Å². The molecule has 11 heteroatoms. The second kappa shape index (κ2) is 32.2. The second-order valence-electron chi connectivity index (χ2n) is 16.5. The quantitative estimate of drug-likeness (QED) is 0.0352. The molecule has 0 radical (unpaired) electrons. The van der Waals surface area contributed by atoms with Crippen molar-refractivity contribution in [1.29, 1.82) is 0 Å². The van der Waals surface area contributed by atoms with Crippen LogP contribution in [-0.4, -0.2) is 85.8 Å². The maximum absolute atomic E-state index is 12.0. The molecular formula is C51H74O9S2. The van der Waals surface area contributed by atoms with Gasteiger partial charge in [-0.05, 0) is 61.6 Å². The van der Waals surface area contributed by atoms with E-state index in [9.17, 15) is 9.90 Å². The van der Waals surface area contributed by atoms with Gasteiger partial charge in [-0.1, -0.05) is 170 Å². The number of hydrogen-bond donors (Lipinski definition) is 1. The lowest BCUT2D eigenvalue weighted by Gasteiger charge is -2.45. The Hall–Kier alpha value is -2.45. The Bertz CT molecular complexity index is 1530. The van der Waals surface area contributed by atoms with Crippen molar-refractivity contribution in [3.8, 4) is 0 Å². The van der Waals surface area contributed by atoms with Gasteiger partial charge < -0.3 is 38.3 Å². The Morgan fingerprint density at radius 1 is 0.565 bits per heavy atom. The van der Waals surface area contributed by atoms with Gasteiger partial charge in [-0.2, -0.15) is 0 Å². The zero-order valence-electron chi connectivity index (χ0n) is 37.0. The molecule has 1 N–H and O–H groups in total. The molecule has 1 unspecified atom stereocenters. The number of aliphatic hydroxyl groups is 1. The molecular weight excluding hydrogens is 821 g/mol. The molecule has 0 aromatic heterocycles.